The largest absolute Gasteiger partial charge is 0.438 e. The Hall–Kier alpha value is -4.31. The lowest BCUT2D eigenvalue weighted by atomic mass is 10.2. The van der Waals surface area contributed by atoms with Crippen LogP contribution in [0.5, 0.6) is 0 Å². The minimum absolute atomic E-state index is 0.112. The van der Waals surface area contributed by atoms with Gasteiger partial charge in [-0.1, -0.05) is 11.6 Å². The van der Waals surface area contributed by atoms with E-state index in [4.69, 9.17) is 22.1 Å². The van der Waals surface area contributed by atoms with Crippen LogP contribution in [0.25, 0.3) is 17.2 Å². The Morgan fingerprint density at radius 3 is 2.51 bits per heavy atom. The maximum absolute atomic E-state index is 14.5. The normalized spacial score (nSPS) is 13.3. The van der Waals surface area contributed by atoms with Gasteiger partial charge in [0.15, 0.2) is 41.3 Å². The highest BCUT2D eigenvalue weighted by Crippen LogP contribution is 2.25. The number of pyridine rings is 1. The number of primary amides is 1. The molecule has 4 aromatic rings. The fraction of sp³-hybridized carbons (Fsp3) is 0.273. The molecule has 12 nitrogen and oxygen atoms in total. The first-order valence-corrected chi connectivity index (χ1v) is 11.4. The van der Waals surface area contributed by atoms with Crippen LogP contribution in [0.1, 0.15) is 24.7 Å². The van der Waals surface area contributed by atoms with Crippen molar-refractivity contribution in [1.82, 2.24) is 34.1 Å². The molecule has 1 amide bonds. The predicted molar refractivity (Wildman–Crippen MR) is 126 cm³/mol. The van der Waals surface area contributed by atoms with Crippen LogP contribution in [-0.2, 0) is 17.8 Å². The minimum atomic E-state index is -5.00. The Morgan fingerprint density at radius 2 is 1.90 bits per heavy atom. The van der Waals surface area contributed by atoms with Crippen LogP contribution in [0, 0.1) is 5.82 Å². The van der Waals surface area contributed by atoms with Gasteiger partial charge in [-0.2, -0.15) is 17.9 Å². The second kappa shape index (κ2) is 10.8. The molecular weight excluding hydrogens is 552 g/mol. The second-order valence-electron chi connectivity index (χ2n) is 8.12. The SMILES string of the molecule is CC(OC(N)=O)c1nc(Cn2nc(-c3ccc(Cl)cc3)n(CC(O)C(F)(F)F)c2=O)nn1-c1ncccc1F. The van der Waals surface area contributed by atoms with Crippen LogP contribution >= 0.6 is 11.6 Å². The van der Waals surface area contributed by atoms with Crippen LogP contribution in [0.15, 0.2) is 47.4 Å². The number of benzene rings is 1. The second-order valence-corrected chi connectivity index (χ2v) is 8.56. The molecule has 0 radical (unpaired) electrons. The van der Waals surface area contributed by atoms with Gasteiger partial charge in [0.1, 0.15) is 6.54 Å². The third-order valence-corrected chi connectivity index (χ3v) is 5.57. The molecule has 0 aliphatic heterocycles. The molecule has 0 saturated carbocycles. The molecule has 2 atom stereocenters. The van der Waals surface area contributed by atoms with Gasteiger partial charge in [0.05, 0.1) is 6.54 Å². The highest BCUT2D eigenvalue weighted by molar-refractivity contribution is 6.30. The van der Waals surface area contributed by atoms with E-state index in [0.717, 1.165) is 15.4 Å². The molecule has 206 valence electrons. The first-order chi connectivity index (χ1) is 18.3. The quantitative estimate of drug-likeness (QED) is 0.306. The van der Waals surface area contributed by atoms with E-state index in [1.165, 1.54) is 43.5 Å². The van der Waals surface area contributed by atoms with Crippen LogP contribution < -0.4 is 11.4 Å². The highest BCUT2D eigenvalue weighted by atomic mass is 35.5. The molecule has 0 spiro atoms. The summed E-state index contributed by atoms with van der Waals surface area (Å²) in [6.07, 6.45) is -8.87. The molecular formula is C22H19ClF4N8O4. The number of aliphatic hydroxyl groups excluding tert-OH is 1. The summed E-state index contributed by atoms with van der Waals surface area (Å²) >= 11 is 5.89. The van der Waals surface area contributed by atoms with Crippen molar-refractivity contribution < 1.29 is 32.2 Å². The Morgan fingerprint density at radius 1 is 1.21 bits per heavy atom. The van der Waals surface area contributed by atoms with E-state index in [-0.39, 0.29) is 28.9 Å². The van der Waals surface area contributed by atoms with Crippen LogP contribution in [0.3, 0.4) is 0 Å². The van der Waals surface area contributed by atoms with E-state index >= 15 is 0 Å². The number of halogens is 5. The van der Waals surface area contributed by atoms with Crippen molar-refractivity contribution in [3.8, 4) is 17.2 Å². The topological polar surface area (TPSA) is 156 Å². The van der Waals surface area contributed by atoms with Gasteiger partial charge >= 0.3 is 18.0 Å². The Bertz CT molecular complexity index is 1550. The van der Waals surface area contributed by atoms with Crippen LogP contribution in [0.4, 0.5) is 22.4 Å². The zero-order valence-corrected chi connectivity index (χ0v) is 20.6. The van der Waals surface area contributed by atoms with Crippen molar-refractivity contribution in [3.63, 3.8) is 0 Å². The number of rotatable bonds is 8. The van der Waals surface area contributed by atoms with Crippen molar-refractivity contribution in [3.05, 3.63) is 75.6 Å². The summed E-state index contributed by atoms with van der Waals surface area (Å²) in [5.41, 5.74) is 4.30. The molecule has 3 heterocycles. The maximum Gasteiger partial charge on any atom is 0.416 e. The molecule has 0 aliphatic carbocycles. The predicted octanol–water partition coefficient (Wildman–Crippen LogP) is 2.61. The van der Waals surface area contributed by atoms with Crippen molar-refractivity contribution >= 4 is 17.7 Å². The fourth-order valence-corrected chi connectivity index (χ4v) is 3.67. The van der Waals surface area contributed by atoms with Crippen molar-refractivity contribution in [1.29, 1.82) is 0 Å². The number of alkyl halides is 3. The fourth-order valence-electron chi connectivity index (χ4n) is 3.55. The summed E-state index contributed by atoms with van der Waals surface area (Å²) in [5.74, 6) is -1.56. The summed E-state index contributed by atoms with van der Waals surface area (Å²) in [4.78, 5) is 32.5. The Kier molecular flexibility index (Phi) is 7.69. The smallest absolute Gasteiger partial charge is 0.416 e. The lowest BCUT2D eigenvalue weighted by Crippen LogP contribution is -2.37. The summed E-state index contributed by atoms with van der Waals surface area (Å²) in [6, 6.07) is 8.19. The molecule has 17 heteroatoms. The van der Waals surface area contributed by atoms with E-state index in [2.05, 4.69) is 20.2 Å². The van der Waals surface area contributed by atoms with Crippen LogP contribution in [0.2, 0.25) is 5.02 Å². The van der Waals surface area contributed by atoms with Crippen molar-refractivity contribution in [2.45, 2.75) is 38.4 Å². The molecule has 0 aliphatic rings. The van der Waals surface area contributed by atoms with Gasteiger partial charge in [-0.05, 0) is 43.3 Å². The van der Waals surface area contributed by atoms with Crippen LogP contribution in [-0.4, -0.2) is 57.6 Å². The number of hydrogen-bond acceptors (Lipinski definition) is 8. The number of aliphatic hydroxyl groups is 1. The van der Waals surface area contributed by atoms with E-state index in [0.29, 0.717) is 9.59 Å². The molecule has 4 rings (SSSR count). The summed E-state index contributed by atoms with van der Waals surface area (Å²) in [6.45, 7) is -0.254. The van der Waals surface area contributed by atoms with Gasteiger partial charge < -0.3 is 15.6 Å². The number of carbonyl (C=O) groups excluding carboxylic acids is 1. The zero-order chi connectivity index (χ0) is 28.5. The molecule has 0 bridgehead atoms. The number of nitrogens with two attached hydrogens (primary N) is 1. The molecule has 1 aromatic carbocycles. The van der Waals surface area contributed by atoms with Gasteiger partial charge in [0.25, 0.3) is 0 Å². The van der Waals surface area contributed by atoms with Gasteiger partial charge in [0, 0.05) is 16.8 Å². The summed E-state index contributed by atoms with van der Waals surface area (Å²) in [5, 5.41) is 18.2. The van der Waals surface area contributed by atoms with Gasteiger partial charge in [-0.3, -0.25) is 4.57 Å². The van der Waals surface area contributed by atoms with Gasteiger partial charge in [0.2, 0.25) is 0 Å². The third-order valence-electron chi connectivity index (χ3n) is 5.32. The third kappa shape index (κ3) is 6.06. The number of nitrogens with zero attached hydrogens (tertiary/aromatic N) is 7. The number of hydrogen-bond donors (Lipinski definition) is 2. The summed E-state index contributed by atoms with van der Waals surface area (Å²) < 4.78 is 61.1. The minimum Gasteiger partial charge on any atom is -0.438 e. The van der Waals surface area contributed by atoms with E-state index in [1.54, 1.807) is 0 Å². The van der Waals surface area contributed by atoms with E-state index in [1.807, 2.05) is 0 Å². The highest BCUT2D eigenvalue weighted by Gasteiger charge is 2.39. The number of aromatic nitrogens is 7. The zero-order valence-electron chi connectivity index (χ0n) is 19.9. The monoisotopic (exact) mass is 570 g/mol. The Labute approximate surface area is 221 Å². The van der Waals surface area contributed by atoms with Crippen molar-refractivity contribution in [2.75, 3.05) is 0 Å². The molecule has 0 saturated heterocycles. The number of ether oxygens (including phenoxy) is 1. The maximum atomic E-state index is 14.5. The van der Waals surface area contributed by atoms with E-state index in [9.17, 15) is 32.3 Å². The molecule has 3 N–H and O–H groups in total. The standard InChI is InChI=1S/C22H19ClF4N8O4/c1-11(39-20(28)37)17-30-16(31-35(17)19-14(24)3-2-8-29-19)10-34-21(38)33(9-15(36)22(25,26)27)18(32-34)12-4-6-13(23)7-5-12/h2-8,11,15,36H,9-10H2,1H3,(H2,28,37). The lowest BCUT2D eigenvalue weighted by molar-refractivity contribution is -0.207. The first kappa shape index (κ1) is 27.7. The van der Waals surface area contributed by atoms with Gasteiger partial charge in [-0.15, -0.1) is 10.2 Å². The first-order valence-electron chi connectivity index (χ1n) is 11.1. The number of carbonyl (C=O) groups is 1. The van der Waals surface area contributed by atoms with E-state index < -0.39 is 49.1 Å². The molecule has 39 heavy (non-hydrogen) atoms. The molecule has 2 unspecified atom stereocenters. The average Bonchev–Trinajstić information content (AvgIpc) is 3.41. The molecule has 3 aromatic heterocycles. The Balaban J connectivity index is 1.79. The summed E-state index contributed by atoms with van der Waals surface area (Å²) in [7, 11) is 0. The number of amides is 1. The molecule has 0 fully saturated rings. The van der Waals surface area contributed by atoms with Crippen molar-refractivity contribution in [2.24, 2.45) is 5.73 Å². The average molecular weight is 571 g/mol. The lowest BCUT2D eigenvalue weighted by Gasteiger charge is -2.15. The van der Waals surface area contributed by atoms with Gasteiger partial charge in [-0.25, -0.2) is 28.6 Å².